The number of allylic oxidation sites excluding steroid dienone is 16. The van der Waals surface area contributed by atoms with E-state index in [0.29, 0.717) is 0 Å². The first-order valence-electron chi connectivity index (χ1n) is 18.0. The van der Waals surface area contributed by atoms with E-state index >= 15 is 0 Å². The third-order valence-electron chi connectivity index (χ3n) is 10.3. The van der Waals surface area contributed by atoms with E-state index in [1.165, 1.54) is 72.8 Å². The molecule has 4 aromatic carbocycles. The van der Waals surface area contributed by atoms with Crippen LogP contribution in [0.5, 0.6) is 0 Å². The molecule has 0 spiro atoms. The van der Waals surface area contributed by atoms with E-state index in [4.69, 9.17) is 0 Å². The van der Waals surface area contributed by atoms with Crippen LogP contribution in [0.25, 0.3) is 27.8 Å². The van der Waals surface area contributed by atoms with E-state index < -0.39 is 0 Å². The van der Waals surface area contributed by atoms with Gasteiger partial charge in [0.1, 0.15) is 0 Å². The first kappa shape index (κ1) is 30.9. The van der Waals surface area contributed by atoms with Gasteiger partial charge in [0.15, 0.2) is 0 Å². The lowest BCUT2D eigenvalue weighted by atomic mass is 9.84. The first-order valence-corrected chi connectivity index (χ1v) is 18.0. The zero-order valence-corrected chi connectivity index (χ0v) is 28.2. The summed E-state index contributed by atoms with van der Waals surface area (Å²) >= 11 is 0. The molecule has 0 saturated heterocycles. The highest BCUT2D eigenvalue weighted by atomic mass is 15.1. The third kappa shape index (κ3) is 6.80. The van der Waals surface area contributed by atoms with Crippen LogP contribution in [0.4, 0.5) is 11.4 Å². The van der Waals surface area contributed by atoms with Crippen LogP contribution in [0, 0.1) is 0 Å². The molecule has 0 fully saturated rings. The molecule has 0 amide bonds. The smallest absolute Gasteiger partial charge is 0.0464 e. The van der Waals surface area contributed by atoms with E-state index in [1.54, 1.807) is 0 Å². The van der Waals surface area contributed by atoms with Crippen molar-refractivity contribution in [3.63, 3.8) is 0 Å². The minimum atomic E-state index is 1.00. The molecule has 0 aliphatic heterocycles. The normalized spacial score (nSPS) is 17.3. The van der Waals surface area contributed by atoms with E-state index in [9.17, 15) is 0 Å². The van der Waals surface area contributed by atoms with Gasteiger partial charge in [0.05, 0.1) is 0 Å². The molecule has 49 heavy (non-hydrogen) atoms. The molecule has 0 bridgehead atoms. The summed E-state index contributed by atoms with van der Waals surface area (Å²) in [4.78, 5) is 2.50. The van der Waals surface area contributed by atoms with Crippen LogP contribution in [-0.2, 0) is 0 Å². The van der Waals surface area contributed by atoms with Gasteiger partial charge in [-0.05, 0) is 137 Å². The number of nitrogens with zero attached hydrogens (tertiary/aromatic N) is 1. The Bertz CT molecular complexity index is 2080. The number of benzene rings is 4. The summed E-state index contributed by atoms with van der Waals surface area (Å²) in [6.07, 6.45) is 31.9. The Labute approximate surface area is 292 Å². The maximum Gasteiger partial charge on any atom is 0.0464 e. The van der Waals surface area contributed by atoms with Crippen molar-refractivity contribution in [1.82, 2.24) is 0 Å². The van der Waals surface area contributed by atoms with Gasteiger partial charge >= 0.3 is 0 Å². The minimum absolute atomic E-state index is 1.00. The van der Waals surface area contributed by atoms with Crippen molar-refractivity contribution >= 4 is 16.9 Å². The Morgan fingerprint density at radius 3 is 1.47 bits per heavy atom. The molecule has 0 radical (unpaired) electrons. The number of rotatable bonds is 8. The molecule has 0 heterocycles. The van der Waals surface area contributed by atoms with Crippen molar-refractivity contribution in [3.05, 3.63) is 197 Å². The van der Waals surface area contributed by atoms with E-state index in [-0.39, 0.29) is 0 Å². The Kier molecular flexibility index (Phi) is 9.07. The summed E-state index contributed by atoms with van der Waals surface area (Å²) < 4.78 is 0. The van der Waals surface area contributed by atoms with E-state index in [0.717, 1.165) is 51.4 Å². The van der Waals surface area contributed by atoms with Crippen LogP contribution in [0.15, 0.2) is 192 Å². The van der Waals surface area contributed by atoms with Gasteiger partial charge in [0, 0.05) is 17.1 Å². The highest BCUT2D eigenvalue weighted by Crippen LogP contribution is 2.42. The summed E-state index contributed by atoms with van der Waals surface area (Å²) in [5, 5.41) is 0. The molecule has 4 aliphatic carbocycles. The summed E-state index contributed by atoms with van der Waals surface area (Å²) in [6, 6.07) is 37.8. The predicted octanol–water partition coefficient (Wildman–Crippen LogP) is 13.4. The van der Waals surface area contributed by atoms with Crippen LogP contribution < -0.4 is 4.90 Å². The van der Waals surface area contributed by atoms with Gasteiger partial charge in [-0.15, -0.1) is 0 Å². The maximum absolute atomic E-state index is 2.50. The standard InChI is InChI=1S/C48H43N/c1-5-13-36(14-6-1)39-21-23-43(24-22-39)48-35-46(33-34-47(48)42-19-11-4-12-20-42)49(44-29-25-40(26-30-44)37-15-7-2-8-16-37)45-31-27-41(28-32-45)38-17-9-3-10-18-38/h1-5,7-9,11-13,15-17,19-21,23,25-27,29-31,33-35H,6,10,14,18,22,24,28,32H2. The van der Waals surface area contributed by atoms with Gasteiger partial charge in [-0.3, -0.25) is 0 Å². The van der Waals surface area contributed by atoms with Gasteiger partial charge in [0.2, 0.25) is 0 Å². The molecule has 0 N–H and O–H groups in total. The van der Waals surface area contributed by atoms with Crippen molar-refractivity contribution < 1.29 is 0 Å². The Morgan fingerprint density at radius 1 is 0.367 bits per heavy atom. The molecule has 0 unspecified atom stereocenters. The third-order valence-corrected chi connectivity index (χ3v) is 10.3. The van der Waals surface area contributed by atoms with Crippen LogP contribution in [0.1, 0.15) is 56.9 Å². The van der Waals surface area contributed by atoms with E-state index in [2.05, 4.69) is 169 Å². The number of anilines is 2. The van der Waals surface area contributed by atoms with Crippen LogP contribution >= 0.6 is 0 Å². The van der Waals surface area contributed by atoms with Crippen molar-refractivity contribution in [2.24, 2.45) is 0 Å². The van der Waals surface area contributed by atoms with Crippen molar-refractivity contribution in [2.45, 2.75) is 51.4 Å². The molecule has 0 saturated carbocycles. The molecular weight excluding hydrogens is 591 g/mol. The van der Waals surface area contributed by atoms with Gasteiger partial charge in [-0.2, -0.15) is 0 Å². The fraction of sp³-hybridized carbons (Fsp3) is 0.167. The highest BCUT2D eigenvalue weighted by molar-refractivity contribution is 5.86. The van der Waals surface area contributed by atoms with Crippen molar-refractivity contribution in [1.29, 1.82) is 0 Å². The van der Waals surface area contributed by atoms with Crippen LogP contribution in [0.3, 0.4) is 0 Å². The maximum atomic E-state index is 2.50. The molecule has 1 nitrogen and oxygen atoms in total. The Balaban J connectivity index is 1.22. The SMILES string of the molecule is C1=CCCC(C2=CC=C(c3cc(N(C4=CC=C(C5=CC=CCC5)CC4)c4ccc(-c5ccccc5)cc4)ccc3-c3ccccc3)CC2)=C1. The summed E-state index contributed by atoms with van der Waals surface area (Å²) in [5.74, 6) is 0. The van der Waals surface area contributed by atoms with Gasteiger partial charge < -0.3 is 4.90 Å². The lowest BCUT2D eigenvalue weighted by molar-refractivity contribution is 0.850. The van der Waals surface area contributed by atoms with E-state index in [1.807, 2.05) is 0 Å². The summed E-state index contributed by atoms with van der Waals surface area (Å²) in [5.41, 5.74) is 17.5. The highest BCUT2D eigenvalue weighted by Gasteiger charge is 2.22. The first-order chi connectivity index (χ1) is 24.3. The fourth-order valence-corrected chi connectivity index (χ4v) is 7.67. The monoisotopic (exact) mass is 633 g/mol. The van der Waals surface area contributed by atoms with Gasteiger partial charge in [-0.1, -0.05) is 134 Å². The summed E-state index contributed by atoms with van der Waals surface area (Å²) in [7, 11) is 0. The number of hydrogen-bond acceptors (Lipinski definition) is 1. The van der Waals surface area contributed by atoms with Crippen LogP contribution in [-0.4, -0.2) is 0 Å². The van der Waals surface area contributed by atoms with Crippen molar-refractivity contribution in [3.8, 4) is 22.3 Å². The molecule has 4 aliphatic rings. The van der Waals surface area contributed by atoms with Crippen LogP contribution in [0.2, 0.25) is 0 Å². The molecule has 4 aromatic rings. The predicted molar refractivity (Wildman–Crippen MR) is 210 cm³/mol. The zero-order valence-electron chi connectivity index (χ0n) is 28.2. The largest absolute Gasteiger partial charge is 0.314 e. The average molecular weight is 634 g/mol. The molecule has 1 heteroatoms. The number of hydrogen-bond donors (Lipinski definition) is 0. The minimum Gasteiger partial charge on any atom is -0.314 e. The zero-order chi connectivity index (χ0) is 32.8. The second kappa shape index (κ2) is 14.4. The Morgan fingerprint density at radius 2 is 0.898 bits per heavy atom. The Hall–Kier alpha value is -5.40. The van der Waals surface area contributed by atoms with Gasteiger partial charge in [-0.25, -0.2) is 0 Å². The average Bonchev–Trinajstić information content (AvgIpc) is 3.20. The summed E-state index contributed by atoms with van der Waals surface area (Å²) in [6.45, 7) is 0. The molecule has 0 aromatic heterocycles. The molecular formula is C48H43N. The molecule has 8 rings (SSSR count). The lowest BCUT2D eigenvalue weighted by Gasteiger charge is -2.31. The molecule has 240 valence electrons. The van der Waals surface area contributed by atoms with Gasteiger partial charge in [0.25, 0.3) is 0 Å². The fourth-order valence-electron chi connectivity index (χ4n) is 7.67. The van der Waals surface area contributed by atoms with Crippen molar-refractivity contribution in [2.75, 3.05) is 4.90 Å². The lowest BCUT2D eigenvalue weighted by Crippen LogP contribution is -2.18. The second-order valence-electron chi connectivity index (χ2n) is 13.4. The molecule has 0 atom stereocenters. The second-order valence-corrected chi connectivity index (χ2v) is 13.4. The topological polar surface area (TPSA) is 3.24 Å². The quantitative estimate of drug-likeness (QED) is 0.187.